The van der Waals surface area contributed by atoms with Crippen LogP contribution in [-0.2, 0) is 0 Å². The maximum atomic E-state index is 13.8. The molecule has 0 spiro atoms. The number of amides is 2. The zero-order valence-electron chi connectivity index (χ0n) is 12.7. The molecule has 23 heavy (non-hydrogen) atoms. The number of rotatable bonds is 2. The lowest BCUT2D eigenvalue weighted by Gasteiger charge is -2.36. The molecule has 0 bridgehead atoms. The number of nitrogens with two attached hydrogens (primary N) is 1. The van der Waals surface area contributed by atoms with Gasteiger partial charge >= 0.3 is 6.03 Å². The summed E-state index contributed by atoms with van der Waals surface area (Å²) in [6.07, 6.45) is 0. The third-order valence-corrected chi connectivity index (χ3v) is 3.92. The van der Waals surface area contributed by atoms with Crippen LogP contribution < -0.4 is 16.0 Å². The highest BCUT2D eigenvalue weighted by Gasteiger charge is 2.22. The summed E-state index contributed by atoms with van der Waals surface area (Å²) in [6.45, 7) is 2.32. The van der Waals surface area contributed by atoms with Crippen molar-refractivity contribution in [1.29, 1.82) is 0 Å². The summed E-state index contributed by atoms with van der Waals surface area (Å²) in [7, 11) is 0. The topological polar surface area (TPSA) is 61.6 Å². The van der Waals surface area contributed by atoms with Gasteiger partial charge in [-0.1, -0.05) is 12.1 Å². The van der Waals surface area contributed by atoms with Crippen LogP contribution >= 0.6 is 0 Å². The summed E-state index contributed by atoms with van der Waals surface area (Å²) in [5.41, 5.74) is 7.58. The van der Waals surface area contributed by atoms with Crippen molar-refractivity contribution in [3.8, 4) is 0 Å². The molecule has 2 aromatic rings. The van der Waals surface area contributed by atoms with Crippen molar-refractivity contribution in [2.75, 3.05) is 42.1 Å². The first kappa shape index (κ1) is 15.1. The largest absolute Gasteiger partial charge is 0.399 e. The number of nitrogens with one attached hydrogen (secondary N) is 1. The van der Waals surface area contributed by atoms with Gasteiger partial charge in [0.2, 0.25) is 0 Å². The van der Waals surface area contributed by atoms with Crippen LogP contribution in [0.15, 0.2) is 48.5 Å². The van der Waals surface area contributed by atoms with Gasteiger partial charge in [0.25, 0.3) is 0 Å². The van der Waals surface area contributed by atoms with Crippen molar-refractivity contribution >= 4 is 23.1 Å². The second-order valence-electron chi connectivity index (χ2n) is 5.48. The minimum atomic E-state index is -0.229. The van der Waals surface area contributed by atoms with Crippen molar-refractivity contribution in [1.82, 2.24) is 4.90 Å². The fourth-order valence-electron chi connectivity index (χ4n) is 2.63. The van der Waals surface area contributed by atoms with Gasteiger partial charge in [0.1, 0.15) is 5.82 Å². The van der Waals surface area contributed by atoms with E-state index in [9.17, 15) is 9.18 Å². The lowest BCUT2D eigenvalue weighted by molar-refractivity contribution is 0.208. The molecule has 0 atom stereocenters. The smallest absolute Gasteiger partial charge is 0.321 e. The molecule has 5 nitrogen and oxygen atoms in total. The average molecular weight is 314 g/mol. The first-order valence-electron chi connectivity index (χ1n) is 7.54. The molecule has 2 aromatic carbocycles. The minimum absolute atomic E-state index is 0.150. The lowest BCUT2D eigenvalue weighted by atomic mass is 10.2. The summed E-state index contributed by atoms with van der Waals surface area (Å²) in [6, 6.07) is 13.6. The van der Waals surface area contributed by atoms with Crippen LogP contribution in [0.25, 0.3) is 0 Å². The van der Waals surface area contributed by atoms with Crippen LogP contribution in [0.4, 0.5) is 26.2 Å². The molecular weight excluding hydrogens is 295 g/mol. The Morgan fingerprint density at radius 2 is 1.65 bits per heavy atom. The summed E-state index contributed by atoms with van der Waals surface area (Å²) in [5.74, 6) is -0.229. The number of para-hydroxylation sites is 1. The number of hydrogen-bond acceptors (Lipinski definition) is 3. The molecule has 0 unspecified atom stereocenters. The van der Waals surface area contributed by atoms with E-state index in [1.165, 1.54) is 6.07 Å². The molecule has 2 amide bonds. The Labute approximate surface area is 134 Å². The van der Waals surface area contributed by atoms with Crippen LogP contribution in [0.5, 0.6) is 0 Å². The fraction of sp³-hybridized carbons (Fsp3) is 0.235. The van der Waals surface area contributed by atoms with E-state index in [1.54, 1.807) is 41.3 Å². The highest BCUT2D eigenvalue weighted by molar-refractivity contribution is 5.89. The quantitative estimate of drug-likeness (QED) is 0.838. The van der Waals surface area contributed by atoms with Crippen LogP contribution in [0.3, 0.4) is 0 Å². The van der Waals surface area contributed by atoms with Gasteiger partial charge in [-0.25, -0.2) is 9.18 Å². The molecule has 0 aromatic heterocycles. The molecule has 1 fully saturated rings. The van der Waals surface area contributed by atoms with Gasteiger partial charge in [0.05, 0.1) is 5.69 Å². The Hall–Kier alpha value is -2.76. The molecule has 0 saturated carbocycles. The highest BCUT2D eigenvalue weighted by atomic mass is 19.1. The van der Waals surface area contributed by atoms with Crippen LogP contribution in [0.2, 0.25) is 0 Å². The van der Waals surface area contributed by atoms with Crippen molar-refractivity contribution in [3.05, 3.63) is 54.3 Å². The van der Waals surface area contributed by atoms with E-state index in [2.05, 4.69) is 5.32 Å². The van der Waals surface area contributed by atoms with Gasteiger partial charge in [-0.3, -0.25) is 0 Å². The van der Waals surface area contributed by atoms with Gasteiger partial charge in [0, 0.05) is 37.6 Å². The SMILES string of the molecule is Nc1ccc(NC(=O)N2CCN(c3ccccc3F)CC2)cc1. The van der Waals surface area contributed by atoms with E-state index in [4.69, 9.17) is 5.73 Å². The molecule has 3 N–H and O–H groups in total. The number of nitrogens with zero attached hydrogens (tertiary/aromatic N) is 2. The van der Waals surface area contributed by atoms with E-state index < -0.39 is 0 Å². The Morgan fingerprint density at radius 1 is 1.00 bits per heavy atom. The summed E-state index contributed by atoms with van der Waals surface area (Å²) in [5, 5.41) is 2.84. The number of nitrogen functional groups attached to an aromatic ring is 1. The summed E-state index contributed by atoms with van der Waals surface area (Å²) < 4.78 is 13.8. The second kappa shape index (κ2) is 6.56. The molecular formula is C17H19FN4O. The van der Waals surface area contributed by atoms with E-state index in [-0.39, 0.29) is 11.8 Å². The zero-order chi connectivity index (χ0) is 16.2. The Balaban J connectivity index is 1.57. The number of halogens is 1. The van der Waals surface area contributed by atoms with Crippen LogP contribution in [-0.4, -0.2) is 37.1 Å². The number of benzene rings is 2. The average Bonchev–Trinajstić information content (AvgIpc) is 2.57. The van der Waals surface area contributed by atoms with Gasteiger partial charge in [-0.05, 0) is 36.4 Å². The van der Waals surface area contributed by atoms with Crippen molar-refractivity contribution in [2.24, 2.45) is 0 Å². The van der Waals surface area contributed by atoms with Crippen LogP contribution in [0.1, 0.15) is 0 Å². The number of carbonyl (C=O) groups is 1. The normalized spacial score (nSPS) is 14.7. The first-order valence-corrected chi connectivity index (χ1v) is 7.54. The highest BCUT2D eigenvalue weighted by Crippen LogP contribution is 2.20. The molecule has 0 aliphatic carbocycles. The van der Waals surface area contributed by atoms with E-state index >= 15 is 0 Å². The van der Waals surface area contributed by atoms with E-state index in [0.717, 1.165) is 0 Å². The van der Waals surface area contributed by atoms with E-state index in [0.29, 0.717) is 43.2 Å². The Kier molecular flexibility index (Phi) is 4.32. The fourth-order valence-corrected chi connectivity index (χ4v) is 2.63. The number of piperazine rings is 1. The molecule has 3 rings (SSSR count). The number of anilines is 3. The first-order chi connectivity index (χ1) is 11.1. The summed E-state index contributed by atoms with van der Waals surface area (Å²) >= 11 is 0. The third kappa shape index (κ3) is 3.53. The number of hydrogen-bond donors (Lipinski definition) is 2. The monoisotopic (exact) mass is 314 g/mol. The number of urea groups is 1. The van der Waals surface area contributed by atoms with Crippen molar-refractivity contribution in [3.63, 3.8) is 0 Å². The van der Waals surface area contributed by atoms with Crippen LogP contribution in [0, 0.1) is 5.82 Å². The standard InChI is InChI=1S/C17H19FN4O/c18-15-3-1-2-4-16(15)21-9-11-22(12-10-21)17(23)20-14-7-5-13(19)6-8-14/h1-8H,9-12,19H2,(H,20,23). The van der Waals surface area contributed by atoms with Gasteiger partial charge in [0.15, 0.2) is 0 Å². The Bertz CT molecular complexity index is 681. The van der Waals surface area contributed by atoms with E-state index in [1.807, 2.05) is 11.0 Å². The third-order valence-electron chi connectivity index (χ3n) is 3.92. The van der Waals surface area contributed by atoms with Crippen molar-refractivity contribution < 1.29 is 9.18 Å². The van der Waals surface area contributed by atoms with Crippen molar-refractivity contribution in [2.45, 2.75) is 0 Å². The molecule has 1 aliphatic heterocycles. The molecule has 1 saturated heterocycles. The maximum absolute atomic E-state index is 13.8. The Morgan fingerprint density at radius 3 is 2.30 bits per heavy atom. The zero-order valence-corrected chi connectivity index (χ0v) is 12.7. The molecule has 6 heteroatoms. The lowest BCUT2D eigenvalue weighted by Crippen LogP contribution is -2.50. The maximum Gasteiger partial charge on any atom is 0.321 e. The predicted molar refractivity (Wildman–Crippen MR) is 90.1 cm³/mol. The predicted octanol–water partition coefficient (Wildman–Crippen LogP) is 2.76. The summed E-state index contributed by atoms with van der Waals surface area (Å²) in [4.78, 5) is 15.9. The van der Waals surface area contributed by atoms with Gasteiger partial charge < -0.3 is 20.9 Å². The minimum Gasteiger partial charge on any atom is -0.399 e. The molecule has 1 aliphatic rings. The second-order valence-corrected chi connectivity index (χ2v) is 5.48. The molecule has 120 valence electrons. The van der Waals surface area contributed by atoms with Gasteiger partial charge in [-0.15, -0.1) is 0 Å². The number of carbonyl (C=O) groups excluding carboxylic acids is 1. The van der Waals surface area contributed by atoms with Gasteiger partial charge in [-0.2, -0.15) is 0 Å². The molecule has 0 radical (unpaired) electrons. The molecule has 1 heterocycles.